The van der Waals surface area contributed by atoms with E-state index in [0.717, 1.165) is 24.1 Å². The van der Waals surface area contributed by atoms with Crippen molar-refractivity contribution in [1.82, 2.24) is 10.3 Å². The lowest BCUT2D eigenvalue weighted by Crippen LogP contribution is -2.35. The van der Waals surface area contributed by atoms with E-state index in [0.29, 0.717) is 6.04 Å². The van der Waals surface area contributed by atoms with Crippen molar-refractivity contribution in [3.63, 3.8) is 0 Å². The Morgan fingerprint density at radius 1 is 1.38 bits per heavy atom. The smallest absolute Gasteiger partial charge is 0.0372 e. The van der Waals surface area contributed by atoms with Gasteiger partial charge in [-0.3, -0.25) is 4.98 Å². The second-order valence-electron chi connectivity index (χ2n) is 5.30. The van der Waals surface area contributed by atoms with Crippen LogP contribution in [-0.4, -0.2) is 11.0 Å². The average Bonchev–Trinajstić information content (AvgIpc) is 3.05. The average molecular weight is 218 g/mol. The third kappa shape index (κ3) is 3.05. The molecule has 2 nitrogen and oxygen atoms in total. The highest BCUT2D eigenvalue weighted by molar-refractivity contribution is 5.13. The lowest BCUT2D eigenvalue weighted by atomic mass is 9.99. The molecule has 2 heteroatoms. The summed E-state index contributed by atoms with van der Waals surface area (Å²) in [4.78, 5) is 4.32. The molecule has 0 bridgehead atoms. The van der Waals surface area contributed by atoms with Crippen LogP contribution < -0.4 is 5.32 Å². The van der Waals surface area contributed by atoms with Crippen molar-refractivity contribution in [2.24, 2.45) is 11.8 Å². The van der Waals surface area contributed by atoms with Crippen LogP contribution in [0.3, 0.4) is 0 Å². The monoisotopic (exact) mass is 218 g/mol. The fourth-order valence-corrected chi connectivity index (χ4v) is 2.24. The summed E-state index contributed by atoms with van der Waals surface area (Å²) < 4.78 is 0. The van der Waals surface area contributed by atoms with Gasteiger partial charge in [0.15, 0.2) is 0 Å². The van der Waals surface area contributed by atoms with E-state index in [9.17, 15) is 0 Å². The minimum Gasteiger partial charge on any atom is -0.309 e. The highest BCUT2D eigenvalue weighted by atomic mass is 14.9. The van der Waals surface area contributed by atoms with Gasteiger partial charge in [0.2, 0.25) is 0 Å². The zero-order chi connectivity index (χ0) is 11.5. The maximum absolute atomic E-state index is 4.32. The summed E-state index contributed by atoms with van der Waals surface area (Å²) >= 11 is 0. The van der Waals surface area contributed by atoms with Crippen molar-refractivity contribution in [3.8, 4) is 0 Å². The minimum atomic E-state index is 0.682. The summed E-state index contributed by atoms with van der Waals surface area (Å²) in [5.41, 5.74) is 2.38. The van der Waals surface area contributed by atoms with Crippen LogP contribution in [0.25, 0.3) is 0 Å². The summed E-state index contributed by atoms with van der Waals surface area (Å²) in [6, 6.07) is 4.93. The zero-order valence-electron chi connectivity index (χ0n) is 10.5. The molecule has 1 aliphatic rings. The van der Waals surface area contributed by atoms with Crippen LogP contribution in [0.4, 0.5) is 0 Å². The molecule has 1 aromatic rings. The predicted molar refractivity (Wildman–Crippen MR) is 67.2 cm³/mol. The van der Waals surface area contributed by atoms with Crippen LogP contribution >= 0.6 is 0 Å². The van der Waals surface area contributed by atoms with Gasteiger partial charge in [-0.25, -0.2) is 0 Å². The molecule has 1 aliphatic carbocycles. The Hall–Kier alpha value is -0.890. The zero-order valence-corrected chi connectivity index (χ0v) is 10.5. The van der Waals surface area contributed by atoms with Gasteiger partial charge in [-0.1, -0.05) is 19.9 Å². The van der Waals surface area contributed by atoms with E-state index < -0.39 is 0 Å². The van der Waals surface area contributed by atoms with Crippen molar-refractivity contribution < 1.29 is 0 Å². The summed E-state index contributed by atoms with van der Waals surface area (Å²) in [6.45, 7) is 7.59. The van der Waals surface area contributed by atoms with Gasteiger partial charge in [0.05, 0.1) is 0 Å². The van der Waals surface area contributed by atoms with Crippen LogP contribution in [0.2, 0.25) is 0 Å². The Morgan fingerprint density at radius 2 is 2.12 bits per heavy atom. The molecule has 1 unspecified atom stereocenters. The van der Waals surface area contributed by atoms with Crippen LogP contribution in [0.1, 0.15) is 37.9 Å². The number of hydrogen-bond acceptors (Lipinski definition) is 2. The molecule has 0 saturated heterocycles. The van der Waals surface area contributed by atoms with E-state index in [1.54, 1.807) is 0 Å². The maximum atomic E-state index is 4.32. The first-order chi connectivity index (χ1) is 7.66. The molecule has 1 atom stereocenters. The largest absolute Gasteiger partial charge is 0.309 e. The molecule has 0 aromatic carbocycles. The summed E-state index contributed by atoms with van der Waals surface area (Å²) in [5.74, 6) is 1.64. The normalized spacial score (nSPS) is 17.8. The first kappa shape index (κ1) is 11.6. The van der Waals surface area contributed by atoms with E-state index >= 15 is 0 Å². The molecule has 88 valence electrons. The van der Waals surface area contributed by atoms with E-state index in [2.05, 4.69) is 36.3 Å². The standard InChI is InChI=1S/C14H22N2/c1-10(2)14(13-6-7-13)16-9-12-5-4-11(3)15-8-12/h4-5,8,10,13-14,16H,6-7,9H2,1-3H3. The number of aryl methyl sites for hydroxylation is 1. The minimum absolute atomic E-state index is 0.682. The predicted octanol–water partition coefficient (Wildman–Crippen LogP) is 2.91. The molecule has 0 amide bonds. The van der Waals surface area contributed by atoms with Crippen LogP contribution in [0, 0.1) is 18.8 Å². The number of nitrogens with one attached hydrogen (secondary N) is 1. The number of pyridine rings is 1. The molecule has 1 heterocycles. The molecule has 1 aromatic heterocycles. The van der Waals surface area contributed by atoms with Gasteiger partial charge >= 0.3 is 0 Å². The Kier molecular flexibility index (Phi) is 3.59. The topological polar surface area (TPSA) is 24.9 Å². The summed E-state index contributed by atoms with van der Waals surface area (Å²) in [7, 11) is 0. The van der Waals surface area contributed by atoms with Gasteiger partial charge in [0, 0.05) is 24.5 Å². The molecule has 1 saturated carbocycles. The first-order valence-electron chi connectivity index (χ1n) is 6.31. The Balaban J connectivity index is 1.87. The highest BCUT2D eigenvalue weighted by Gasteiger charge is 2.32. The molecule has 0 spiro atoms. The lowest BCUT2D eigenvalue weighted by Gasteiger charge is -2.22. The highest BCUT2D eigenvalue weighted by Crippen LogP contribution is 2.35. The summed E-state index contributed by atoms with van der Waals surface area (Å²) in [6.07, 6.45) is 4.79. The molecule has 16 heavy (non-hydrogen) atoms. The second kappa shape index (κ2) is 4.96. The molecule has 1 fully saturated rings. The van der Waals surface area contributed by atoms with Crippen molar-refractivity contribution in [2.75, 3.05) is 0 Å². The Morgan fingerprint density at radius 3 is 2.62 bits per heavy atom. The number of rotatable bonds is 5. The van der Waals surface area contributed by atoms with Crippen LogP contribution in [0.5, 0.6) is 0 Å². The molecular weight excluding hydrogens is 196 g/mol. The van der Waals surface area contributed by atoms with Crippen molar-refractivity contribution in [1.29, 1.82) is 0 Å². The van der Waals surface area contributed by atoms with Crippen molar-refractivity contribution >= 4 is 0 Å². The molecule has 0 aliphatic heterocycles. The molecular formula is C14H22N2. The van der Waals surface area contributed by atoms with Crippen molar-refractivity contribution in [2.45, 2.75) is 46.2 Å². The second-order valence-corrected chi connectivity index (χ2v) is 5.30. The molecule has 0 radical (unpaired) electrons. The lowest BCUT2D eigenvalue weighted by molar-refractivity contribution is 0.359. The summed E-state index contributed by atoms with van der Waals surface area (Å²) in [5, 5.41) is 3.68. The Bertz CT molecular complexity index is 323. The molecule has 2 rings (SSSR count). The quantitative estimate of drug-likeness (QED) is 0.822. The number of aromatic nitrogens is 1. The molecule has 1 N–H and O–H groups in total. The SMILES string of the molecule is Cc1ccc(CNC(C(C)C)C2CC2)cn1. The first-order valence-corrected chi connectivity index (χ1v) is 6.31. The van der Waals surface area contributed by atoms with Crippen LogP contribution in [-0.2, 0) is 6.54 Å². The van der Waals surface area contributed by atoms with Crippen molar-refractivity contribution in [3.05, 3.63) is 29.6 Å². The van der Waals surface area contributed by atoms with Crippen LogP contribution in [0.15, 0.2) is 18.3 Å². The van der Waals surface area contributed by atoms with Gasteiger partial charge in [-0.2, -0.15) is 0 Å². The van der Waals surface area contributed by atoms with E-state index in [4.69, 9.17) is 0 Å². The van der Waals surface area contributed by atoms with Gasteiger partial charge in [-0.15, -0.1) is 0 Å². The van der Waals surface area contributed by atoms with E-state index in [1.165, 1.54) is 18.4 Å². The third-order valence-corrected chi connectivity index (χ3v) is 3.36. The fraction of sp³-hybridized carbons (Fsp3) is 0.643. The fourth-order valence-electron chi connectivity index (χ4n) is 2.24. The Labute approximate surface area is 98.5 Å². The van der Waals surface area contributed by atoms with Gasteiger partial charge in [-0.05, 0) is 43.2 Å². The van der Waals surface area contributed by atoms with Gasteiger partial charge in [0.25, 0.3) is 0 Å². The third-order valence-electron chi connectivity index (χ3n) is 3.36. The van der Waals surface area contributed by atoms with Gasteiger partial charge in [0.1, 0.15) is 0 Å². The number of nitrogens with zero attached hydrogens (tertiary/aromatic N) is 1. The van der Waals surface area contributed by atoms with E-state index in [-0.39, 0.29) is 0 Å². The maximum Gasteiger partial charge on any atom is 0.0372 e. The van der Waals surface area contributed by atoms with E-state index in [1.807, 2.05) is 13.1 Å². The van der Waals surface area contributed by atoms with Gasteiger partial charge < -0.3 is 5.32 Å². The number of hydrogen-bond donors (Lipinski definition) is 1.